The summed E-state index contributed by atoms with van der Waals surface area (Å²) in [6.45, 7) is 4.04. The number of hydrazine groups is 1. The van der Waals surface area contributed by atoms with Crippen LogP contribution in [0.15, 0.2) is 48.5 Å². The molecule has 0 radical (unpaired) electrons. The van der Waals surface area contributed by atoms with E-state index in [-0.39, 0.29) is 17.4 Å². The van der Waals surface area contributed by atoms with Gasteiger partial charge in [0.25, 0.3) is 5.91 Å². The molecule has 0 aliphatic carbocycles. The van der Waals surface area contributed by atoms with Crippen molar-refractivity contribution in [3.8, 4) is 5.75 Å². The van der Waals surface area contributed by atoms with E-state index >= 15 is 0 Å². The molecule has 7 heteroatoms. The van der Waals surface area contributed by atoms with E-state index in [0.29, 0.717) is 11.7 Å². The van der Waals surface area contributed by atoms with Crippen molar-refractivity contribution in [3.63, 3.8) is 0 Å². The lowest BCUT2D eigenvalue weighted by atomic mass is 10.0. The Morgan fingerprint density at radius 2 is 1.80 bits per heavy atom. The SMILES string of the molecule is CC(C)c1ccc(OCC(=O)NNC(=S)Nc2ccccc2F)cc1. The Morgan fingerprint density at radius 1 is 1.12 bits per heavy atom. The van der Waals surface area contributed by atoms with E-state index in [1.807, 2.05) is 24.3 Å². The van der Waals surface area contributed by atoms with Gasteiger partial charge in [0.1, 0.15) is 11.6 Å². The fourth-order valence-corrected chi connectivity index (χ4v) is 2.14. The van der Waals surface area contributed by atoms with Crippen LogP contribution in [0.2, 0.25) is 0 Å². The van der Waals surface area contributed by atoms with Gasteiger partial charge in [0.15, 0.2) is 11.7 Å². The molecule has 0 aliphatic rings. The number of rotatable bonds is 5. The second kappa shape index (κ2) is 8.98. The molecule has 0 heterocycles. The first-order valence-electron chi connectivity index (χ1n) is 7.79. The van der Waals surface area contributed by atoms with Gasteiger partial charge in [-0.3, -0.25) is 15.6 Å². The highest BCUT2D eigenvalue weighted by molar-refractivity contribution is 7.80. The Hall–Kier alpha value is -2.67. The molecule has 25 heavy (non-hydrogen) atoms. The summed E-state index contributed by atoms with van der Waals surface area (Å²) in [5.74, 6) is 0.188. The molecule has 0 bridgehead atoms. The lowest BCUT2D eigenvalue weighted by molar-refractivity contribution is -0.123. The first-order chi connectivity index (χ1) is 12.0. The summed E-state index contributed by atoms with van der Waals surface area (Å²) in [4.78, 5) is 11.8. The Balaban J connectivity index is 1.73. The number of thiocarbonyl (C=S) groups is 1. The topological polar surface area (TPSA) is 62.4 Å². The van der Waals surface area contributed by atoms with Gasteiger partial charge in [0.2, 0.25) is 0 Å². The highest BCUT2D eigenvalue weighted by Gasteiger charge is 2.06. The van der Waals surface area contributed by atoms with Crippen LogP contribution in [-0.4, -0.2) is 17.6 Å². The van der Waals surface area contributed by atoms with Gasteiger partial charge in [-0.25, -0.2) is 4.39 Å². The lowest BCUT2D eigenvalue weighted by Crippen LogP contribution is -2.45. The minimum atomic E-state index is -0.439. The standard InChI is InChI=1S/C18H20FN3O2S/c1-12(2)13-7-9-14(10-8-13)24-11-17(23)21-22-18(25)20-16-6-4-3-5-15(16)19/h3-10,12H,11H2,1-2H3,(H,21,23)(H2,20,22,25). The first kappa shape index (κ1) is 18.7. The average Bonchev–Trinajstić information content (AvgIpc) is 2.60. The monoisotopic (exact) mass is 361 g/mol. The van der Waals surface area contributed by atoms with Gasteiger partial charge >= 0.3 is 0 Å². The largest absolute Gasteiger partial charge is 0.484 e. The second-order valence-electron chi connectivity index (χ2n) is 5.62. The third-order valence-corrected chi connectivity index (χ3v) is 3.56. The highest BCUT2D eigenvalue weighted by Crippen LogP contribution is 2.18. The summed E-state index contributed by atoms with van der Waals surface area (Å²) in [6.07, 6.45) is 0. The van der Waals surface area contributed by atoms with E-state index in [4.69, 9.17) is 17.0 Å². The van der Waals surface area contributed by atoms with Crippen molar-refractivity contribution in [3.05, 3.63) is 59.9 Å². The summed E-state index contributed by atoms with van der Waals surface area (Å²) in [5, 5.41) is 2.72. The number of ether oxygens (including phenoxy) is 1. The van der Waals surface area contributed by atoms with Crippen LogP contribution in [-0.2, 0) is 4.79 Å². The number of amides is 1. The van der Waals surface area contributed by atoms with Gasteiger partial charge in [-0.15, -0.1) is 0 Å². The molecular weight excluding hydrogens is 341 g/mol. The quantitative estimate of drug-likeness (QED) is 0.563. The Bertz CT molecular complexity index is 735. The minimum absolute atomic E-state index is 0.0692. The predicted octanol–water partition coefficient (Wildman–Crippen LogP) is 3.35. The minimum Gasteiger partial charge on any atom is -0.484 e. The van der Waals surface area contributed by atoms with Gasteiger partial charge in [-0.2, -0.15) is 0 Å². The summed E-state index contributed by atoms with van der Waals surface area (Å²) in [6, 6.07) is 13.7. The third kappa shape index (κ3) is 6.04. The number of nitrogens with one attached hydrogen (secondary N) is 3. The average molecular weight is 361 g/mol. The van der Waals surface area contributed by atoms with Crippen LogP contribution in [0.25, 0.3) is 0 Å². The summed E-state index contributed by atoms with van der Waals surface area (Å²) in [5.41, 5.74) is 6.29. The lowest BCUT2D eigenvalue weighted by Gasteiger charge is -2.12. The summed E-state index contributed by atoms with van der Waals surface area (Å²) in [7, 11) is 0. The fourth-order valence-electron chi connectivity index (χ4n) is 1.98. The van der Waals surface area contributed by atoms with E-state index in [1.54, 1.807) is 12.1 Å². The maximum Gasteiger partial charge on any atom is 0.276 e. The Morgan fingerprint density at radius 3 is 2.44 bits per heavy atom. The van der Waals surface area contributed by atoms with Crippen LogP contribution in [0.1, 0.15) is 25.3 Å². The van der Waals surface area contributed by atoms with E-state index in [9.17, 15) is 9.18 Å². The maximum absolute atomic E-state index is 13.5. The molecule has 2 aromatic rings. The summed E-state index contributed by atoms with van der Waals surface area (Å²) < 4.78 is 18.9. The Labute approximate surface area is 151 Å². The van der Waals surface area contributed by atoms with Crippen LogP contribution in [0.5, 0.6) is 5.75 Å². The second-order valence-corrected chi connectivity index (χ2v) is 6.03. The maximum atomic E-state index is 13.5. The molecule has 0 aliphatic heterocycles. The number of anilines is 1. The van der Waals surface area contributed by atoms with Gasteiger partial charge in [-0.1, -0.05) is 38.1 Å². The number of benzene rings is 2. The van der Waals surface area contributed by atoms with Crippen molar-refractivity contribution in [1.29, 1.82) is 0 Å². The van der Waals surface area contributed by atoms with E-state index in [0.717, 1.165) is 0 Å². The molecule has 0 atom stereocenters. The van der Waals surface area contributed by atoms with Crippen LogP contribution in [0, 0.1) is 5.82 Å². The highest BCUT2D eigenvalue weighted by atomic mass is 32.1. The molecule has 1 amide bonds. The van der Waals surface area contributed by atoms with Crippen LogP contribution in [0.3, 0.4) is 0 Å². The number of halogens is 1. The zero-order chi connectivity index (χ0) is 18.2. The van der Waals surface area contributed by atoms with Crippen LogP contribution < -0.4 is 20.9 Å². The smallest absolute Gasteiger partial charge is 0.276 e. The first-order valence-corrected chi connectivity index (χ1v) is 8.19. The van der Waals surface area contributed by atoms with Crippen LogP contribution in [0.4, 0.5) is 10.1 Å². The van der Waals surface area contributed by atoms with E-state index in [2.05, 4.69) is 30.0 Å². The van der Waals surface area contributed by atoms with Gasteiger partial charge in [0, 0.05) is 0 Å². The molecule has 2 rings (SSSR count). The molecule has 0 saturated carbocycles. The number of hydrogen-bond donors (Lipinski definition) is 3. The normalized spacial score (nSPS) is 10.2. The number of carbonyl (C=O) groups is 1. The molecule has 0 fully saturated rings. The number of carbonyl (C=O) groups excluding carboxylic acids is 1. The zero-order valence-corrected chi connectivity index (χ0v) is 14.8. The molecule has 0 spiro atoms. The molecule has 2 aromatic carbocycles. The van der Waals surface area contributed by atoms with E-state index in [1.165, 1.54) is 17.7 Å². The van der Waals surface area contributed by atoms with Crippen molar-refractivity contribution in [2.45, 2.75) is 19.8 Å². The summed E-state index contributed by atoms with van der Waals surface area (Å²) >= 11 is 4.99. The van der Waals surface area contributed by atoms with Crippen molar-refractivity contribution in [2.75, 3.05) is 11.9 Å². The zero-order valence-electron chi connectivity index (χ0n) is 14.0. The molecule has 132 valence electrons. The molecule has 0 saturated heterocycles. The molecule has 5 nitrogen and oxygen atoms in total. The van der Waals surface area contributed by atoms with Crippen molar-refractivity contribution in [1.82, 2.24) is 10.9 Å². The van der Waals surface area contributed by atoms with Gasteiger partial charge in [-0.05, 0) is 48.0 Å². The van der Waals surface area contributed by atoms with Gasteiger partial charge < -0.3 is 10.1 Å². The predicted molar refractivity (Wildman–Crippen MR) is 99.9 cm³/mol. The number of para-hydroxylation sites is 1. The molecular formula is C18H20FN3O2S. The van der Waals surface area contributed by atoms with Crippen molar-refractivity contribution in [2.24, 2.45) is 0 Å². The van der Waals surface area contributed by atoms with Crippen LogP contribution >= 0.6 is 12.2 Å². The molecule has 3 N–H and O–H groups in total. The van der Waals surface area contributed by atoms with Crippen molar-refractivity contribution >= 4 is 28.9 Å². The number of hydrogen-bond acceptors (Lipinski definition) is 3. The van der Waals surface area contributed by atoms with Crippen molar-refractivity contribution < 1.29 is 13.9 Å². The fraction of sp³-hybridized carbons (Fsp3) is 0.222. The Kier molecular flexibility index (Phi) is 6.71. The van der Waals surface area contributed by atoms with E-state index < -0.39 is 11.7 Å². The third-order valence-electron chi connectivity index (χ3n) is 3.35. The van der Waals surface area contributed by atoms with Gasteiger partial charge in [0.05, 0.1) is 5.69 Å². The molecule has 0 aromatic heterocycles. The molecule has 0 unspecified atom stereocenters.